The number of allylic oxidation sites excluding steroid dienone is 3. The second-order valence-electron chi connectivity index (χ2n) is 18.1. The zero-order valence-electron chi connectivity index (χ0n) is 39.2. The summed E-state index contributed by atoms with van der Waals surface area (Å²) in [5.41, 5.74) is 0. The monoisotopic (exact) mass is 818 g/mol. The highest BCUT2D eigenvalue weighted by atomic mass is 16.3. The smallest absolute Gasteiger partial charge is 0.222 e. The van der Waals surface area contributed by atoms with Crippen LogP contribution in [0.2, 0.25) is 0 Å². The highest BCUT2D eigenvalue weighted by Gasteiger charge is 2.20. The van der Waals surface area contributed by atoms with Crippen molar-refractivity contribution in [2.24, 2.45) is 0 Å². The lowest BCUT2D eigenvalue weighted by Gasteiger charge is -2.21. The number of carbonyl (C=O) groups excluding carboxylic acids is 1. The van der Waals surface area contributed by atoms with Crippen molar-refractivity contribution in [1.82, 2.24) is 5.32 Å². The first kappa shape index (κ1) is 56.8. The third-order valence-electron chi connectivity index (χ3n) is 12.2. The zero-order valence-corrected chi connectivity index (χ0v) is 39.2. The van der Waals surface area contributed by atoms with Gasteiger partial charge in [0.25, 0.3) is 0 Å². The van der Waals surface area contributed by atoms with E-state index in [-0.39, 0.29) is 18.9 Å². The van der Waals surface area contributed by atoms with Crippen LogP contribution >= 0.6 is 0 Å². The van der Waals surface area contributed by atoms with Crippen molar-refractivity contribution in [3.8, 4) is 0 Å². The van der Waals surface area contributed by atoms with Crippen molar-refractivity contribution in [3.63, 3.8) is 0 Å². The van der Waals surface area contributed by atoms with Crippen LogP contribution in [0.3, 0.4) is 0 Å². The Bertz CT molecular complexity index is 859. The molecule has 0 saturated heterocycles. The molecule has 1 amide bonds. The number of aliphatic hydroxyl groups excluding tert-OH is 3. The number of amides is 1. The first-order valence-corrected chi connectivity index (χ1v) is 26.1. The molecule has 0 spiro atoms. The molecule has 3 atom stereocenters. The van der Waals surface area contributed by atoms with Crippen LogP contribution in [0.5, 0.6) is 0 Å². The molecule has 5 nitrogen and oxygen atoms in total. The summed E-state index contributed by atoms with van der Waals surface area (Å²) in [5.74, 6) is -0.313. The summed E-state index contributed by atoms with van der Waals surface area (Å²) in [6.45, 7) is 4.24. The number of hydrogen-bond acceptors (Lipinski definition) is 4. The Morgan fingerprint density at radius 2 is 0.724 bits per heavy atom. The van der Waals surface area contributed by atoms with E-state index in [1.54, 1.807) is 6.08 Å². The van der Waals surface area contributed by atoms with Crippen LogP contribution in [-0.2, 0) is 4.79 Å². The van der Waals surface area contributed by atoms with Crippen LogP contribution in [0.4, 0.5) is 0 Å². The molecule has 0 aliphatic carbocycles. The lowest BCUT2D eigenvalue weighted by atomic mass is 10.0. The van der Waals surface area contributed by atoms with Gasteiger partial charge in [0, 0.05) is 0 Å². The molecule has 0 aliphatic heterocycles. The maximum atomic E-state index is 12.5. The predicted molar refractivity (Wildman–Crippen MR) is 255 cm³/mol. The molecule has 0 aromatic carbocycles. The topological polar surface area (TPSA) is 89.8 Å². The summed E-state index contributed by atoms with van der Waals surface area (Å²) in [6.07, 6.45) is 60.6. The molecule has 0 bridgehead atoms. The normalized spacial score (nSPS) is 13.5. The second kappa shape index (κ2) is 48.5. The van der Waals surface area contributed by atoms with E-state index in [1.807, 2.05) is 6.08 Å². The van der Waals surface area contributed by atoms with Crippen LogP contribution in [0, 0.1) is 0 Å². The molecule has 0 radical (unpaired) electrons. The molecule has 0 aromatic rings. The van der Waals surface area contributed by atoms with E-state index < -0.39 is 18.2 Å². The van der Waals surface area contributed by atoms with Gasteiger partial charge in [-0.15, -0.1) is 0 Å². The van der Waals surface area contributed by atoms with Crippen molar-refractivity contribution in [2.75, 3.05) is 6.61 Å². The molecule has 0 aliphatic rings. The molecule has 0 rings (SSSR count). The van der Waals surface area contributed by atoms with Gasteiger partial charge in [0.15, 0.2) is 0 Å². The van der Waals surface area contributed by atoms with Crippen molar-refractivity contribution < 1.29 is 20.1 Å². The molecule has 58 heavy (non-hydrogen) atoms. The number of unbranched alkanes of at least 4 members (excludes halogenated alkanes) is 37. The van der Waals surface area contributed by atoms with Crippen LogP contribution in [-0.4, -0.2) is 46.1 Å². The van der Waals surface area contributed by atoms with Crippen molar-refractivity contribution in [2.45, 2.75) is 302 Å². The Hall–Kier alpha value is -1.17. The van der Waals surface area contributed by atoms with E-state index in [4.69, 9.17) is 0 Å². The number of carbonyl (C=O) groups is 1. The number of aliphatic hydroxyl groups is 3. The van der Waals surface area contributed by atoms with Crippen molar-refractivity contribution in [1.29, 1.82) is 0 Å². The summed E-state index contributed by atoms with van der Waals surface area (Å²) < 4.78 is 0. The fraction of sp³-hybridized carbons (Fsp3) is 0.906. The van der Waals surface area contributed by atoms with Crippen molar-refractivity contribution >= 4 is 5.91 Å². The standard InChI is InChI=1S/C53H103NO4/c1-3-5-7-9-11-13-15-17-19-21-22-23-24-25-26-27-28-29-31-32-34-36-38-40-42-44-46-50(56)48-53(58)54-51(49-55)52(57)47-45-43-41-39-37-35-33-30-20-18-16-14-12-10-8-6-4-2/h25-26,45,47,50-52,55-57H,3-24,27-44,46,48-49H2,1-2H3,(H,54,58)/b26-25-,47-45+. The molecule has 3 unspecified atom stereocenters. The molecule has 4 N–H and O–H groups in total. The van der Waals surface area contributed by atoms with Crippen LogP contribution in [0.15, 0.2) is 24.3 Å². The van der Waals surface area contributed by atoms with Gasteiger partial charge in [-0.3, -0.25) is 4.79 Å². The summed E-state index contributed by atoms with van der Waals surface area (Å²) in [7, 11) is 0. The summed E-state index contributed by atoms with van der Waals surface area (Å²) in [6, 6.07) is -0.743. The molecule has 0 saturated carbocycles. The second-order valence-corrected chi connectivity index (χ2v) is 18.1. The van der Waals surface area contributed by atoms with Crippen LogP contribution < -0.4 is 5.32 Å². The van der Waals surface area contributed by atoms with E-state index in [1.165, 1.54) is 231 Å². The fourth-order valence-corrected chi connectivity index (χ4v) is 8.22. The van der Waals surface area contributed by atoms with E-state index in [9.17, 15) is 20.1 Å². The molecular formula is C53H103NO4. The summed E-state index contributed by atoms with van der Waals surface area (Å²) in [4.78, 5) is 12.5. The average Bonchev–Trinajstić information content (AvgIpc) is 3.22. The predicted octanol–water partition coefficient (Wildman–Crippen LogP) is 15.7. The van der Waals surface area contributed by atoms with E-state index >= 15 is 0 Å². The molecule has 0 fully saturated rings. The van der Waals surface area contributed by atoms with Gasteiger partial charge in [-0.05, 0) is 44.9 Å². The fourth-order valence-electron chi connectivity index (χ4n) is 8.22. The van der Waals surface area contributed by atoms with Gasteiger partial charge in [-0.2, -0.15) is 0 Å². The molecule has 344 valence electrons. The Labute approximate surface area is 362 Å². The van der Waals surface area contributed by atoms with Crippen LogP contribution in [0.1, 0.15) is 284 Å². The number of rotatable bonds is 48. The van der Waals surface area contributed by atoms with Gasteiger partial charge >= 0.3 is 0 Å². The van der Waals surface area contributed by atoms with Gasteiger partial charge in [0.1, 0.15) is 0 Å². The van der Waals surface area contributed by atoms with Gasteiger partial charge in [0.05, 0.1) is 31.3 Å². The Kier molecular flexibility index (Phi) is 47.5. The van der Waals surface area contributed by atoms with E-state index in [2.05, 4.69) is 31.3 Å². The first-order valence-electron chi connectivity index (χ1n) is 26.1. The molecule has 0 heterocycles. The summed E-state index contributed by atoms with van der Waals surface area (Å²) in [5, 5.41) is 33.4. The quantitative estimate of drug-likeness (QED) is 0.0364. The molecule has 0 aromatic heterocycles. The minimum absolute atomic E-state index is 0.0152. The minimum Gasteiger partial charge on any atom is -0.394 e. The zero-order chi connectivity index (χ0) is 42.3. The third kappa shape index (κ3) is 44.4. The van der Waals surface area contributed by atoms with Crippen LogP contribution in [0.25, 0.3) is 0 Å². The molecular weight excluding hydrogens is 715 g/mol. The Morgan fingerprint density at radius 3 is 1.05 bits per heavy atom. The molecule has 5 heteroatoms. The Balaban J connectivity index is 3.57. The van der Waals surface area contributed by atoms with Gasteiger partial charge < -0.3 is 20.6 Å². The number of nitrogens with one attached hydrogen (secondary N) is 1. The van der Waals surface area contributed by atoms with Crippen molar-refractivity contribution in [3.05, 3.63) is 24.3 Å². The lowest BCUT2D eigenvalue weighted by Crippen LogP contribution is -2.45. The highest BCUT2D eigenvalue weighted by molar-refractivity contribution is 5.76. The largest absolute Gasteiger partial charge is 0.394 e. The Morgan fingerprint density at radius 1 is 0.431 bits per heavy atom. The number of hydrogen-bond donors (Lipinski definition) is 4. The maximum Gasteiger partial charge on any atom is 0.222 e. The maximum absolute atomic E-state index is 12.5. The SMILES string of the molecule is CCCCCCCCCCCCCC/C=C\CCCCCCCCCCCCC(O)CC(=O)NC(CO)C(O)/C=C/CCCCCCCCCCCCCCCCC. The first-order chi connectivity index (χ1) is 28.5. The van der Waals surface area contributed by atoms with Gasteiger partial charge in [0.2, 0.25) is 5.91 Å². The van der Waals surface area contributed by atoms with Gasteiger partial charge in [-0.25, -0.2) is 0 Å². The van der Waals surface area contributed by atoms with E-state index in [0.717, 1.165) is 25.7 Å². The lowest BCUT2D eigenvalue weighted by molar-refractivity contribution is -0.124. The minimum atomic E-state index is -0.928. The van der Waals surface area contributed by atoms with Gasteiger partial charge in [-0.1, -0.05) is 256 Å². The highest BCUT2D eigenvalue weighted by Crippen LogP contribution is 2.17. The van der Waals surface area contributed by atoms with E-state index in [0.29, 0.717) is 6.42 Å². The average molecular weight is 818 g/mol. The summed E-state index contributed by atoms with van der Waals surface area (Å²) >= 11 is 0. The third-order valence-corrected chi connectivity index (χ3v) is 12.2.